The molecule has 7 nitrogen and oxygen atoms in total. The van der Waals surface area contributed by atoms with Crippen molar-refractivity contribution < 1.29 is 4.79 Å². The van der Waals surface area contributed by atoms with Gasteiger partial charge >= 0.3 is 11.1 Å². The highest BCUT2D eigenvalue weighted by Crippen LogP contribution is 2.30. The topological polar surface area (TPSA) is 99.8 Å². The molecule has 0 aliphatic carbocycles. The summed E-state index contributed by atoms with van der Waals surface area (Å²) in [6, 6.07) is 23.2. The number of amides is 1. The lowest BCUT2D eigenvalue weighted by Gasteiger charge is -2.18. The van der Waals surface area contributed by atoms with Gasteiger partial charge in [0, 0.05) is 41.7 Å². The van der Waals surface area contributed by atoms with Crippen molar-refractivity contribution in [3.05, 3.63) is 116 Å². The van der Waals surface area contributed by atoms with Crippen molar-refractivity contribution in [1.82, 2.24) is 19.9 Å². The highest BCUT2D eigenvalue weighted by Gasteiger charge is 2.19. The Labute approximate surface area is 195 Å². The van der Waals surface area contributed by atoms with Crippen molar-refractivity contribution in [3.8, 4) is 0 Å². The molecular formula is C27H24N4O3. The zero-order valence-corrected chi connectivity index (χ0v) is 18.7. The molecule has 3 aromatic carbocycles. The Bertz CT molecular complexity index is 1610. The number of benzene rings is 3. The van der Waals surface area contributed by atoms with Crippen molar-refractivity contribution in [3.63, 3.8) is 0 Å². The number of hydrogen-bond donors (Lipinski definition) is 3. The highest BCUT2D eigenvalue weighted by molar-refractivity contribution is 5.97. The van der Waals surface area contributed by atoms with Gasteiger partial charge in [0.25, 0.3) is 5.91 Å². The van der Waals surface area contributed by atoms with Crippen LogP contribution in [0.5, 0.6) is 0 Å². The standard InChI is InChI=1S/C27H24N4O3/c1-2-31-24-13-12-18(14-23(24)30-26(33)27(31)34)25(32)29-15-20(17-8-4-3-5-9-17)21-16-28-22-11-7-6-10-19(21)22/h3-14,16,20,28H,2,15H2,1H3,(H,29,32)(H,30,33)/t20-/m0/s1. The molecule has 34 heavy (non-hydrogen) atoms. The second-order valence-electron chi connectivity index (χ2n) is 8.20. The third-order valence-corrected chi connectivity index (χ3v) is 6.22. The van der Waals surface area contributed by atoms with Gasteiger partial charge in [0.2, 0.25) is 0 Å². The molecule has 0 fully saturated rings. The number of H-pyrrole nitrogens is 2. The minimum Gasteiger partial charge on any atom is -0.361 e. The van der Waals surface area contributed by atoms with E-state index in [1.165, 1.54) is 4.57 Å². The number of para-hydroxylation sites is 1. The van der Waals surface area contributed by atoms with Crippen LogP contribution in [-0.4, -0.2) is 27.0 Å². The summed E-state index contributed by atoms with van der Waals surface area (Å²) in [5.74, 6) is -0.301. The van der Waals surface area contributed by atoms with Crippen molar-refractivity contribution in [2.75, 3.05) is 6.54 Å². The maximum absolute atomic E-state index is 13.1. The maximum Gasteiger partial charge on any atom is 0.316 e. The van der Waals surface area contributed by atoms with Gasteiger partial charge in [-0.1, -0.05) is 48.5 Å². The third kappa shape index (κ3) is 3.81. The predicted molar refractivity (Wildman–Crippen MR) is 133 cm³/mol. The molecule has 0 bridgehead atoms. The van der Waals surface area contributed by atoms with E-state index in [0.29, 0.717) is 29.7 Å². The van der Waals surface area contributed by atoms with Crippen LogP contribution in [-0.2, 0) is 6.54 Å². The Kier molecular flexibility index (Phi) is 5.59. The average molecular weight is 453 g/mol. The summed E-state index contributed by atoms with van der Waals surface area (Å²) in [6.07, 6.45) is 2.00. The van der Waals surface area contributed by atoms with Gasteiger partial charge in [0.15, 0.2) is 0 Å². The number of hydrogen-bond acceptors (Lipinski definition) is 3. The Balaban J connectivity index is 1.46. The summed E-state index contributed by atoms with van der Waals surface area (Å²) in [5.41, 5.74) is 3.41. The maximum atomic E-state index is 13.1. The summed E-state index contributed by atoms with van der Waals surface area (Å²) in [4.78, 5) is 43.1. The van der Waals surface area contributed by atoms with E-state index in [9.17, 15) is 14.4 Å². The monoisotopic (exact) mass is 452 g/mol. The summed E-state index contributed by atoms with van der Waals surface area (Å²) < 4.78 is 1.40. The molecular weight excluding hydrogens is 428 g/mol. The average Bonchev–Trinajstić information content (AvgIpc) is 3.29. The molecule has 1 atom stereocenters. The minimum atomic E-state index is -0.699. The smallest absolute Gasteiger partial charge is 0.316 e. The molecule has 7 heteroatoms. The largest absolute Gasteiger partial charge is 0.361 e. The molecule has 3 N–H and O–H groups in total. The van der Waals surface area contributed by atoms with Crippen molar-refractivity contribution >= 4 is 27.8 Å². The van der Waals surface area contributed by atoms with Gasteiger partial charge in [0.05, 0.1) is 11.0 Å². The van der Waals surface area contributed by atoms with Crippen molar-refractivity contribution in [2.24, 2.45) is 0 Å². The Morgan fingerprint density at radius 1 is 0.971 bits per heavy atom. The van der Waals surface area contributed by atoms with Crippen LogP contribution in [0.1, 0.15) is 34.3 Å². The Hall–Kier alpha value is -4.39. The van der Waals surface area contributed by atoms with Crippen molar-refractivity contribution in [2.45, 2.75) is 19.4 Å². The van der Waals surface area contributed by atoms with E-state index in [1.54, 1.807) is 25.1 Å². The predicted octanol–water partition coefficient (Wildman–Crippen LogP) is 3.75. The zero-order valence-electron chi connectivity index (χ0n) is 18.7. The second-order valence-corrected chi connectivity index (χ2v) is 8.20. The van der Waals surface area contributed by atoms with Crippen LogP contribution in [0.25, 0.3) is 21.9 Å². The molecule has 0 unspecified atom stereocenters. The quantitative estimate of drug-likeness (QED) is 0.342. The van der Waals surface area contributed by atoms with E-state index in [4.69, 9.17) is 0 Å². The summed E-state index contributed by atoms with van der Waals surface area (Å²) >= 11 is 0. The van der Waals surface area contributed by atoms with Crippen LogP contribution in [0.3, 0.4) is 0 Å². The Morgan fingerprint density at radius 2 is 1.74 bits per heavy atom. The van der Waals surface area contributed by atoms with E-state index in [2.05, 4.69) is 33.5 Å². The Morgan fingerprint density at radius 3 is 2.53 bits per heavy atom. The molecule has 5 aromatic rings. The summed E-state index contributed by atoms with van der Waals surface area (Å²) in [7, 11) is 0. The van der Waals surface area contributed by atoms with Crippen LogP contribution >= 0.6 is 0 Å². The van der Waals surface area contributed by atoms with E-state index in [0.717, 1.165) is 22.0 Å². The van der Waals surface area contributed by atoms with Gasteiger partial charge in [-0.15, -0.1) is 0 Å². The first-order valence-electron chi connectivity index (χ1n) is 11.2. The number of carbonyl (C=O) groups excluding carboxylic acids is 1. The molecule has 2 heterocycles. The molecule has 1 amide bonds. The molecule has 0 radical (unpaired) electrons. The first-order valence-corrected chi connectivity index (χ1v) is 11.2. The molecule has 2 aromatic heterocycles. The zero-order chi connectivity index (χ0) is 23.7. The van der Waals surface area contributed by atoms with Crippen LogP contribution < -0.4 is 16.4 Å². The normalized spacial score (nSPS) is 12.1. The van der Waals surface area contributed by atoms with E-state index in [1.807, 2.05) is 42.6 Å². The number of carbonyl (C=O) groups is 1. The molecule has 0 saturated carbocycles. The van der Waals surface area contributed by atoms with Crippen LogP contribution in [0.4, 0.5) is 0 Å². The summed E-state index contributed by atoms with van der Waals surface area (Å²) in [6.45, 7) is 2.57. The number of fused-ring (bicyclic) bond motifs is 2. The van der Waals surface area contributed by atoms with Gasteiger partial charge in [-0.05, 0) is 42.3 Å². The number of aryl methyl sites for hydroxylation is 1. The molecule has 0 aliphatic rings. The molecule has 0 aliphatic heterocycles. The molecule has 0 saturated heterocycles. The second kappa shape index (κ2) is 8.86. The van der Waals surface area contributed by atoms with Crippen LogP contribution in [0.15, 0.2) is 88.6 Å². The van der Waals surface area contributed by atoms with Gasteiger partial charge in [0.1, 0.15) is 0 Å². The van der Waals surface area contributed by atoms with E-state index < -0.39 is 11.1 Å². The van der Waals surface area contributed by atoms with Crippen molar-refractivity contribution in [1.29, 1.82) is 0 Å². The minimum absolute atomic E-state index is 0.0492. The fraction of sp³-hybridized carbons (Fsp3) is 0.148. The van der Waals surface area contributed by atoms with Gasteiger partial charge in [-0.2, -0.15) is 0 Å². The van der Waals surface area contributed by atoms with E-state index in [-0.39, 0.29) is 11.8 Å². The van der Waals surface area contributed by atoms with Crippen LogP contribution in [0, 0.1) is 0 Å². The van der Waals surface area contributed by atoms with Crippen LogP contribution in [0.2, 0.25) is 0 Å². The highest BCUT2D eigenvalue weighted by atomic mass is 16.2. The lowest BCUT2D eigenvalue weighted by atomic mass is 9.91. The third-order valence-electron chi connectivity index (χ3n) is 6.22. The first-order chi connectivity index (χ1) is 16.6. The molecule has 0 spiro atoms. The first kappa shape index (κ1) is 21.5. The van der Waals surface area contributed by atoms with Gasteiger partial charge in [-0.3, -0.25) is 14.4 Å². The summed E-state index contributed by atoms with van der Waals surface area (Å²) in [5, 5.41) is 4.17. The lowest BCUT2D eigenvalue weighted by Crippen LogP contribution is -2.36. The number of aromatic amines is 2. The fourth-order valence-electron chi connectivity index (χ4n) is 4.51. The molecule has 5 rings (SSSR count). The SMILES string of the molecule is CCn1c(=O)c(=O)[nH]c2cc(C(=O)NC[C@@H](c3ccccc3)c3c[nH]c4ccccc34)ccc21. The van der Waals surface area contributed by atoms with Gasteiger partial charge < -0.3 is 19.9 Å². The molecule has 170 valence electrons. The van der Waals surface area contributed by atoms with Gasteiger partial charge in [-0.25, -0.2) is 0 Å². The number of aromatic nitrogens is 3. The number of rotatable bonds is 6. The fourth-order valence-corrected chi connectivity index (χ4v) is 4.51. The lowest BCUT2D eigenvalue weighted by molar-refractivity contribution is 0.0952. The van der Waals surface area contributed by atoms with E-state index >= 15 is 0 Å². The number of nitrogens with zero attached hydrogens (tertiary/aromatic N) is 1. The number of nitrogens with one attached hydrogen (secondary N) is 3.